The Morgan fingerprint density at radius 1 is 0.800 bits per heavy atom. The van der Waals surface area contributed by atoms with Crippen molar-refractivity contribution >= 4 is 16.1 Å². The van der Waals surface area contributed by atoms with E-state index in [2.05, 4.69) is 6.92 Å². The number of rotatable bonds is 14. The van der Waals surface area contributed by atoms with Crippen LogP contribution in [-0.2, 0) is 4.79 Å². The van der Waals surface area contributed by atoms with E-state index in [1.807, 2.05) is 0 Å². The van der Waals surface area contributed by atoms with Crippen LogP contribution in [0, 0.1) is 0 Å². The van der Waals surface area contributed by atoms with Crippen molar-refractivity contribution in [1.82, 2.24) is 0 Å². The molecule has 0 aromatic heterocycles. The molecule has 0 aliphatic carbocycles. The normalized spacial score (nSPS) is 11.9. The number of carboxylic acid groups (broad SMARTS) is 1. The topological polar surface area (TPSA) is 57.5 Å². The van der Waals surface area contributed by atoms with Crippen molar-refractivity contribution in [3.05, 3.63) is 0 Å². The van der Waals surface area contributed by atoms with Crippen LogP contribution in [0.3, 0.4) is 0 Å². The van der Waals surface area contributed by atoms with Gasteiger partial charge in [0.15, 0.2) is 6.10 Å². The molecule has 0 rings (SSSR count). The molecule has 1 atom stereocenters. The molecule has 0 aliphatic rings. The Morgan fingerprint density at radius 3 is 1.50 bits per heavy atom. The number of carboxylic acids is 1. The number of aliphatic hydroxyl groups is 1. The molecule has 1 unspecified atom stereocenters. The number of carbonyl (C=O) groups is 1. The van der Waals surface area contributed by atoms with Gasteiger partial charge in [0.2, 0.25) is 0 Å². The minimum atomic E-state index is -1.16. The van der Waals surface area contributed by atoms with Crippen LogP contribution in [-0.4, -0.2) is 32.4 Å². The summed E-state index contributed by atoms with van der Waals surface area (Å²) >= 11 is 0. The monoisotopic (exact) mass is 283 g/mol. The van der Waals surface area contributed by atoms with Gasteiger partial charge in [-0.1, -0.05) is 84.0 Å². The molecule has 0 heterocycles. The molecular formula is C16H34BeO3. The summed E-state index contributed by atoms with van der Waals surface area (Å²) in [4.78, 5) is 10.4. The molecule has 0 aromatic carbocycles. The van der Waals surface area contributed by atoms with Crippen molar-refractivity contribution < 1.29 is 15.0 Å². The summed E-state index contributed by atoms with van der Waals surface area (Å²) in [5, 5.41) is 17.6. The Morgan fingerprint density at radius 2 is 1.15 bits per heavy atom. The third-order valence-electron chi connectivity index (χ3n) is 3.62. The van der Waals surface area contributed by atoms with Crippen LogP contribution in [0.2, 0.25) is 0 Å². The molecular weight excluding hydrogens is 249 g/mol. The Kier molecular flexibility index (Phi) is 18.2. The van der Waals surface area contributed by atoms with Gasteiger partial charge in [-0.3, -0.25) is 0 Å². The Balaban J connectivity index is 0. The molecule has 0 bridgehead atoms. The summed E-state index contributed by atoms with van der Waals surface area (Å²) in [5.41, 5.74) is 0. The van der Waals surface area contributed by atoms with Crippen molar-refractivity contribution in [2.75, 3.05) is 0 Å². The second-order valence-corrected chi connectivity index (χ2v) is 5.53. The van der Waals surface area contributed by atoms with Crippen molar-refractivity contribution in [3.63, 3.8) is 0 Å². The molecule has 0 radical (unpaired) electrons. The molecule has 0 fully saturated rings. The molecule has 118 valence electrons. The van der Waals surface area contributed by atoms with E-state index in [0.29, 0.717) is 6.42 Å². The maximum atomic E-state index is 10.4. The van der Waals surface area contributed by atoms with E-state index in [1.54, 1.807) is 0 Å². The van der Waals surface area contributed by atoms with Crippen LogP contribution in [0.15, 0.2) is 0 Å². The predicted molar refractivity (Wildman–Crippen MR) is 87.9 cm³/mol. The van der Waals surface area contributed by atoms with Crippen molar-refractivity contribution in [2.24, 2.45) is 0 Å². The maximum absolute atomic E-state index is 10.4. The zero-order chi connectivity index (χ0) is 14.3. The van der Waals surface area contributed by atoms with E-state index in [-0.39, 0.29) is 10.1 Å². The molecule has 2 N–H and O–H groups in total. The second-order valence-electron chi connectivity index (χ2n) is 5.53. The van der Waals surface area contributed by atoms with Gasteiger partial charge in [-0.05, 0) is 6.42 Å². The molecule has 0 saturated heterocycles. The first kappa shape index (κ1) is 21.9. The summed E-state index contributed by atoms with van der Waals surface area (Å²) in [6.07, 6.45) is 14.4. The summed E-state index contributed by atoms with van der Waals surface area (Å²) < 4.78 is 0. The van der Waals surface area contributed by atoms with Crippen LogP contribution < -0.4 is 0 Å². The molecule has 0 aliphatic heterocycles. The average molecular weight is 283 g/mol. The predicted octanol–water partition coefficient (Wildman–Crippen LogP) is 3.61. The first-order chi connectivity index (χ1) is 9.18. The Labute approximate surface area is 128 Å². The fourth-order valence-corrected chi connectivity index (χ4v) is 2.30. The standard InChI is InChI=1S/C16H32O3.Be.2H/c1-2-3-4-5-6-7-8-9-10-11-12-13-14-15(17)16(18)19;;;/h15,17H,2-14H2,1H3,(H,18,19);;;. The van der Waals surface area contributed by atoms with Crippen molar-refractivity contribution in [3.8, 4) is 0 Å². The van der Waals surface area contributed by atoms with Crippen molar-refractivity contribution in [1.29, 1.82) is 0 Å². The fraction of sp³-hybridized carbons (Fsp3) is 0.938. The summed E-state index contributed by atoms with van der Waals surface area (Å²) in [7, 11) is 0. The van der Waals surface area contributed by atoms with E-state index in [4.69, 9.17) is 10.2 Å². The second kappa shape index (κ2) is 16.7. The minimum absolute atomic E-state index is 0. The van der Waals surface area contributed by atoms with Crippen LogP contribution in [0.25, 0.3) is 0 Å². The van der Waals surface area contributed by atoms with Gasteiger partial charge in [0, 0.05) is 0 Å². The summed E-state index contributed by atoms with van der Waals surface area (Å²) in [6, 6.07) is 0. The van der Waals surface area contributed by atoms with Gasteiger partial charge >= 0.3 is 16.1 Å². The Hall–Kier alpha value is -0.401. The van der Waals surface area contributed by atoms with E-state index in [9.17, 15) is 4.79 Å². The third kappa shape index (κ3) is 15.7. The number of aliphatic hydroxyl groups excluding tert-OH is 1. The van der Waals surface area contributed by atoms with Gasteiger partial charge in [0.1, 0.15) is 0 Å². The van der Waals surface area contributed by atoms with Gasteiger partial charge in [0.05, 0.1) is 0 Å². The van der Waals surface area contributed by atoms with Crippen molar-refractivity contribution in [2.45, 2.75) is 96.5 Å². The van der Waals surface area contributed by atoms with E-state index in [0.717, 1.165) is 12.8 Å². The SMILES string of the molecule is CCCCCCCCCCCCCCC(O)C(=O)O.[BeH2]. The number of hydrogen-bond donors (Lipinski definition) is 2. The van der Waals surface area contributed by atoms with E-state index in [1.165, 1.54) is 64.2 Å². The van der Waals surface area contributed by atoms with Crippen LogP contribution in [0.5, 0.6) is 0 Å². The zero-order valence-corrected chi connectivity index (χ0v) is 12.6. The molecule has 0 spiro atoms. The molecule has 20 heavy (non-hydrogen) atoms. The van der Waals surface area contributed by atoms with Crippen LogP contribution in [0.4, 0.5) is 0 Å². The van der Waals surface area contributed by atoms with Crippen LogP contribution in [0.1, 0.15) is 90.4 Å². The number of unbranched alkanes of at least 4 members (excludes halogenated alkanes) is 11. The fourth-order valence-electron chi connectivity index (χ4n) is 2.30. The first-order valence-corrected chi connectivity index (χ1v) is 8.09. The average Bonchev–Trinajstić information content (AvgIpc) is 2.39. The molecule has 0 aromatic rings. The van der Waals surface area contributed by atoms with Gasteiger partial charge in [-0.25, -0.2) is 4.79 Å². The molecule has 0 saturated carbocycles. The Bertz CT molecular complexity index is 210. The van der Waals surface area contributed by atoms with Gasteiger partial charge in [0.25, 0.3) is 0 Å². The van der Waals surface area contributed by atoms with Gasteiger partial charge in [-0.15, -0.1) is 0 Å². The van der Waals surface area contributed by atoms with Crippen LogP contribution >= 0.6 is 0 Å². The molecule has 0 amide bonds. The van der Waals surface area contributed by atoms with Gasteiger partial charge in [-0.2, -0.15) is 0 Å². The van der Waals surface area contributed by atoms with E-state index >= 15 is 0 Å². The molecule has 3 nitrogen and oxygen atoms in total. The van der Waals surface area contributed by atoms with Gasteiger partial charge < -0.3 is 10.2 Å². The first-order valence-electron chi connectivity index (χ1n) is 8.09. The quantitative estimate of drug-likeness (QED) is 0.378. The zero-order valence-electron chi connectivity index (χ0n) is 12.6. The number of hydrogen-bond acceptors (Lipinski definition) is 2. The summed E-state index contributed by atoms with van der Waals surface area (Å²) in [5.74, 6) is -1.09. The third-order valence-corrected chi connectivity index (χ3v) is 3.62. The summed E-state index contributed by atoms with van der Waals surface area (Å²) in [6.45, 7) is 2.25. The van der Waals surface area contributed by atoms with E-state index < -0.39 is 12.1 Å². The molecule has 4 heteroatoms. The number of aliphatic carboxylic acids is 1.